The number of benzene rings is 1. The Morgan fingerprint density at radius 2 is 1.88 bits per heavy atom. The molecule has 2 heterocycles. The summed E-state index contributed by atoms with van der Waals surface area (Å²) in [7, 11) is -3.03. The lowest BCUT2D eigenvalue weighted by atomic mass is 10.1. The molecule has 132 valence electrons. The van der Waals surface area contributed by atoms with Crippen molar-refractivity contribution in [1.82, 2.24) is 15.3 Å². The highest BCUT2D eigenvalue weighted by Crippen LogP contribution is 2.16. The van der Waals surface area contributed by atoms with Crippen molar-refractivity contribution < 1.29 is 13.2 Å². The van der Waals surface area contributed by atoms with Gasteiger partial charge in [-0.2, -0.15) is 0 Å². The number of hydrogen-bond acceptors (Lipinski definition) is 6. The van der Waals surface area contributed by atoms with E-state index in [4.69, 9.17) is 0 Å². The lowest BCUT2D eigenvalue weighted by Gasteiger charge is -2.14. The van der Waals surface area contributed by atoms with Crippen molar-refractivity contribution in [2.24, 2.45) is 0 Å². The van der Waals surface area contributed by atoms with Gasteiger partial charge in [-0.3, -0.25) is 4.79 Å². The Bertz CT molecular complexity index is 838. The smallest absolute Gasteiger partial charge is 0.254 e. The van der Waals surface area contributed by atoms with Crippen molar-refractivity contribution in [3.8, 4) is 0 Å². The van der Waals surface area contributed by atoms with Crippen molar-refractivity contribution in [3.63, 3.8) is 0 Å². The number of nitrogens with zero attached hydrogens (tertiary/aromatic N) is 2. The minimum absolute atomic E-state index is 0.00612. The molecule has 1 fully saturated rings. The topological polar surface area (TPSA) is 101 Å². The molecule has 0 bridgehead atoms. The molecular formula is C17H20N4O3S. The molecular weight excluding hydrogens is 340 g/mol. The molecule has 0 saturated carbocycles. The molecule has 1 amide bonds. The summed E-state index contributed by atoms with van der Waals surface area (Å²) in [5, 5.41) is 5.89. The van der Waals surface area contributed by atoms with Gasteiger partial charge in [0.05, 0.1) is 23.1 Å². The van der Waals surface area contributed by atoms with Gasteiger partial charge in [0.15, 0.2) is 9.84 Å². The van der Waals surface area contributed by atoms with E-state index in [2.05, 4.69) is 20.6 Å². The molecule has 2 unspecified atom stereocenters. The van der Waals surface area contributed by atoms with Crippen molar-refractivity contribution in [3.05, 3.63) is 53.9 Å². The van der Waals surface area contributed by atoms with E-state index in [1.807, 2.05) is 37.3 Å². The summed E-state index contributed by atoms with van der Waals surface area (Å²) in [6.45, 7) is 2.00. The quantitative estimate of drug-likeness (QED) is 0.839. The number of carbonyl (C=O) groups is 1. The van der Waals surface area contributed by atoms with E-state index < -0.39 is 9.84 Å². The predicted octanol–water partition coefficient (Wildman–Crippen LogP) is 1.57. The molecule has 3 rings (SSSR count). The van der Waals surface area contributed by atoms with Gasteiger partial charge in [0.2, 0.25) is 5.95 Å². The molecule has 2 aromatic rings. The minimum Gasteiger partial charge on any atom is -0.348 e. The monoisotopic (exact) mass is 360 g/mol. The molecule has 2 atom stereocenters. The Kier molecular flexibility index (Phi) is 4.98. The average molecular weight is 360 g/mol. The van der Waals surface area contributed by atoms with Crippen LogP contribution in [0.4, 0.5) is 5.95 Å². The Balaban J connectivity index is 1.59. The van der Waals surface area contributed by atoms with Crippen LogP contribution in [-0.2, 0) is 9.84 Å². The third kappa shape index (κ3) is 4.54. The first-order valence-electron chi connectivity index (χ1n) is 8.08. The molecule has 8 heteroatoms. The molecule has 7 nitrogen and oxygen atoms in total. The Morgan fingerprint density at radius 1 is 1.20 bits per heavy atom. The van der Waals surface area contributed by atoms with E-state index in [9.17, 15) is 13.2 Å². The second kappa shape index (κ2) is 7.18. The first-order chi connectivity index (χ1) is 11.9. The summed E-state index contributed by atoms with van der Waals surface area (Å²) >= 11 is 0. The lowest BCUT2D eigenvalue weighted by Crippen LogP contribution is -2.35. The molecule has 2 N–H and O–H groups in total. The maximum Gasteiger partial charge on any atom is 0.254 e. The van der Waals surface area contributed by atoms with Crippen LogP contribution in [0.3, 0.4) is 0 Å². The molecule has 0 spiro atoms. The summed E-state index contributed by atoms with van der Waals surface area (Å²) in [5.41, 5.74) is 1.41. The molecule has 1 aliphatic rings. The van der Waals surface area contributed by atoms with Crippen LogP contribution in [0.25, 0.3) is 0 Å². The van der Waals surface area contributed by atoms with Crippen LogP contribution in [0.2, 0.25) is 0 Å². The van der Waals surface area contributed by atoms with Crippen molar-refractivity contribution in [2.45, 2.75) is 25.4 Å². The number of rotatable bonds is 5. The second-order valence-corrected chi connectivity index (χ2v) is 8.37. The number of hydrogen-bond donors (Lipinski definition) is 2. The normalized spacial score (nSPS) is 20.0. The van der Waals surface area contributed by atoms with Gasteiger partial charge >= 0.3 is 0 Å². The van der Waals surface area contributed by atoms with Gasteiger partial charge in [-0.25, -0.2) is 18.4 Å². The van der Waals surface area contributed by atoms with Gasteiger partial charge in [-0.05, 0) is 18.9 Å². The molecule has 1 aromatic heterocycles. The third-order valence-corrected chi connectivity index (χ3v) is 5.89. The molecule has 1 aliphatic heterocycles. The first-order valence-corrected chi connectivity index (χ1v) is 9.90. The fourth-order valence-corrected chi connectivity index (χ4v) is 4.39. The lowest BCUT2D eigenvalue weighted by molar-refractivity contribution is 0.0940. The summed E-state index contributed by atoms with van der Waals surface area (Å²) in [6.07, 6.45) is 3.32. The van der Waals surface area contributed by atoms with E-state index in [0.29, 0.717) is 17.9 Å². The zero-order valence-electron chi connectivity index (χ0n) is 13.8. The maximum absolute atomic E-state index is 12.2. The highest BCUT2D eigenvalue weighted by molar-refractivity contribution is 7.91. The van der Waals surface area contributed by atoms with E-state index in [0.717, 1.165) is 5.56 Å². The zero-order valence-corrected chi connectivity index (χ0v) is 14.7. The van der Waals surface area contributed by atoms with Crippen molar-refractivity contribution in [1.29, 1.82) is 0 Å². The fourth-order valence-electron chi connectivity index (χ4n) is 2.72. The minimum atomic E-state index is -3.03. The molecule has 0 aliphatic carbocycles. The van der Waals surface area contributed by atoms with Crippen molar-refractivity contribution in [2.75, 3.05) is 16.8 Å². The Hall–Kier alpha value is -2.48. The predicted molar refractivity (Wildman–Crippen MR) is 95.0 cm³/mol. The van der Waals surface area contributed by atoms with Crippen molar-refractivity contribution >= 4 is 21.7 Å². The highest BCUT2D eigenvalue weighted by Gasteiger charge is 2.29. The van der Waals surface area contributed by atoms with Gasteiger partial charge in [0, 0.05) is 18.4 Å². The van der Waals surface area contributed by atoms with Crippen LogP contribution in [-0.4, -0.2) is 41.8 Å². The van der Waals surface area contributed by atoms with Gasteiger partial charge in [-0.1, -0.05) is 30.3 Å². The van der Waals surface area contributed by atoms with Crippen LogP contribution in [0.5, 0.6) is 0 Å². The largest absolute Gasteiger partial charge is 0.348 e. The van der Waals surface area contributed by atoms with E-state index in [1.165, 1.54) is 12.4 Å². The number of aromatic nitrogens is 2. The number of nitrogens with one attached hydrogen (secondary N) is 2. The van der Waals surface area contributed by atoms with E-state index >= 15 is 0 Å². The Labute approximate surface area is 146 Å². The summed E-state index contributed by atoms with van der Waals surface area (Å²) < 4.78 is 22.9. The maximum atomic E-state index is 12.2. The van der Waals surface area contributed by atoms with Crippen LogP contribution in [0.1, 0.15) is 35.3 Å². The third-order valence-electron chi connectivity index (χ3n) is 4.13. The number of sulfone groups is 1. The average Bonchev–Trinajstić information content (AvgIpc) is 2.94. The molecule has 1 aromatic carbocycles. The molecule has 0 radical (unpaired) electrons. The number of amides is 1. The van der Waals surface area contributed by atoms with Gasteiger partial charge in [-0.15, -0.1) is 0 Å². The van der Waals surface area contributed by atoms with E-state index in [-0.39, 0.29) is 29.5 Å². The first kappa shape index (κ1) is 17.3. The SMILES string of the molecule is CC(Nc1ncc(C(=O)NC2CCS(=O)(=O)C2)cn1)c1ccccc1. The molecule has 1 saturated heterocycles. The Morgan fingerprint density at radius 3 is 2.48 bits per heavy atom. The summed E-state index contributed by atoms with van der Waals surface area (Å²) in [4.78, 5) is 20.5. The molecule has 25 heavy (non-hydrogen) atoms. The van der Waals surface area contributed by atoms with Gasteiger partial charge < -0.3 is 10.6 Å². The second-order valence-electron chi connectivity index (χ2n) is 6.15. The highest BCUT2D eigenvalue weighted by atomic mass is 32.2. The summed E-state index contributed by atoms with van der Waals surface area (Å²) in [5.74, 6) is 0.184. The number of anilines is 1. The fraction of sp³-hybridized carbons (Fsp3) is 0.353. The van der Waals surface area contributed by atoms with E-state index in [1.54, 1.807) is 0 Å². The van der Waals surface area contributed by atoms with Crippen LogP contribution in [0.15, 0.2) is 42.7 Å². The summed E-state index contributed by atoms with van der Waals surface area (Å²) in [6, 6.07) is 9.59. The standard InChI is InChI=1S/C17H20N4O3S/c1-12(13-5-3-2-4-6-13)20-17-18-9-14(10-19-17)16(22)21-15-7-8-25(23,24)11-15/h2-6,9-10,12,15H,7-8,11H2,1H3,(H,21,22)(H,18,19,20). The number of carbonyl (C=O) groups excluding carboxylic acids is 1. The van der Waals surface area contributed by atoms with Crippen LogP contribution >= 0.6 is 0 Å². The van der Waals surface area contributed by atoms with Crippen LogP contribution in [0, 0.1) is 0 Å². The van der Waals surface area contributed by atoms with Gasteiger partial charge in [0.1, 0.15) is 0 Å². The van der Waals surface area contributed by atoms with Crippen LogP contribution < -0.4 is 10.6 Å². The zero-order chi connectivity index (χ0) is 17.9. The van der Waals surface area contributed by atoms with Gasteiger partial charge in [0.25, 0.3) is 5.91 Å².